The van der Waals surface area contributed by atoms with Crippen LogP contribution in [-0.4, -0.2) is 23.8 Å². The summed E-state index contributed by atoms with van der Waals surface area (Å²) in [6.07, 6.45) is 4.81. The summed E-state index contributed by atoms with van der Waals surface area (Å²) in [5.41, 5.74) is 22.1. The number of nitrogens with zero attached hydrogens (tertiary/aromatic N) is 2. The normalized spacial score (nSPS) is 10.6. The van der Waals surface area contributed by atoms with Gasteiger partial charge in [-0.1, -0.05) is 36.4 Å². The SMILES string of the molecule is Cl.Cl.Cl.N=C(N)c1cccc(/C=C/N=C(N)N/N=C/c2cccc(C(=N)N)c2)c1. The van der Waals surface area contributed by atoms with Gasteiger partial charge in [-0.2, -0.15) is 5.10 Å². The van der Waals surface area contributed by atoms with Crippen LogP contribution < -0.4 is 22.6 Å². The Morgan fingerprint density at radius 1 is 0.828 bits per heavy atom. The quantitative estimate of drug-likeness (QED) is 0.223. The number of amidine groups is 2. The van der Waals surface area contributed by atoms with Gasteiger partial charge in [0.2, 0.25) is 5.96 Å². The molecule has 156 valence electrons. The van der Waals surface area contributed by atoms with Crippen LogP contribution in [0.5, 0.6) is 0 Å². The molecule has 0 amide bonds. The number of hydrazone groups is 1. The number of halogens is 3. The molecule has 11 heteroatoms. The third-order valence-corrected chi connectivity index (χ3v) is 3.27. The summed E-state index contributed by atoms with van der Waals surface area (Å²) >= 11 is 0. The summed E-state index contributed by atoms with van der Waals surface area (Å²) in [6, 6.07) is 14.3. The lowest BCUT2D eigenvalue weighted by Gasteiger charge is -2.00. The topological polar surface area (TPSA) is 163 Å². The first-order chi connectivity index (χ1) is 12.5. The van der Waals surface area contributed by atoms with E-state index in [-0.39, 0.29) is 54.9 Å². The summed E-state index contributed by atoms with van der Waals surface area (Å²) < 4.78 is 0. The predicted molar refractivity (Wildman–Crippen MR) is 128 cm³/mol. The molecule has 0 radical (unpaired) electrons. The maximum Gasteiger partial charge on any atom is 0.214 e. The van der Waals surface area contributed by atoms with Crippen molar-refractivity contribution in [2.24, 2.45) is 27.3 Å². The van der Waals surface area contributed by atoms with Gasteiger partial charge in [0.25, 0.3) is 0 Å². The highest BCUT2D eigenvalue weighted by Gasteiger charge is 1.97. The van der Waals surface area contributed by atoms with Crippen LogP contribution >= 0.6 is 37.2 Å². The first-order valence-electron chi connectivity index (χ1n) is 7.63. The van der Waals surface area contributed by atoms with Gasteiger partial charge in [0, 0.05) is 17.3 Å². The summed E-state index contributed by atoms with van der Waals surface area (Å²) in [5, 5.41) is 18.8. The van der Waals surface area contributed by atoms with Crippen LogP contribution in [0.25, 0.3) is 6.08 Å². The molecular weight excluding hydrogens is 435 g/mol. The zero-order valence-electron chi connectivity index (χ0n) is 15.2. The van der Waals surface area contributed by atoms with Gasteiger partial charge in [-0.05, 0) is 29.3 Å². The van der Waals surface area contributed by atoms with Crippen LogP contribution in [0.2, 0.25) is 0 Å². The molecule has 0 fully saturated rings. The number of benzene rings is 2. The second kappa shape index (κ2) is 14.0. The molecule has 9 N–H and O–H groups in total. The third kappa shape index (κ3) is 9.61. The number of nitrogens with one attached hydrogen (secondary N) is 3. The van der Waals surface area contributed by atoms with Crippen molar-refractivity contribution in [1.82, 2.24) is 5.43 Å². The van der Waals surface area contributed by atoms with E-state index in [0.717, 1.165) is 11.1 Å². The Bertz CT molecular complexity index is 909. The molecule has 0 aliphatic heterocycles. The molecule has 8 nitrogen and oxygen atoms in total. The van der Waals surface area contributed by atoms with Gasteiger partial charge in [0.05, 0.1) is 6.21 Å². The fourth-order valence-corrected chi connectivity index (χ4v) is 2.00. The van der Waals surface area contributed by atoms with Gasteiger partial charge in [-0.15, -0.1) is 37.2 Å². The van der Waals surface area contributed by atoms with E-state index in [1.807, 2.05) is 12.1 Å². The standard InChI is InChI=1S/C18H20N8.3ClH/c19-16(20)14-5-1-3-12(9-14)7-8-24-18(23)26-25-11-13-4-2-6-15(10-13)17(21)22;;;/h1-11H,(H3,19,20)(H3,21,22)(H3,23,24,26);3*1H/b8-7+,25-11+;;;. The van der Waals surface area contributed by atoms with Gasteiger partial charge in [0.15, 0.2) is 0 Å². The maximum absolute atomic E-state index is 7.42. The van der Waals surface area contributed by atoms with Crippen molar-refractivity contribution in [3.8, 4) is 0 Å². The Morgan fingerprint density at radius 2 is 1.34 bits per heavy atom. The molecule has 0 spiro atoms. The molecule has 0 atom stereocenters. The van der Waals surface area contributed by atoms with Gasteiger partial charge in [-0.25, -0.2) is 10.4 Å². The largest absolute Gasteiger partial charge is 0.384 e. The molecule has 0 aliphatic rings. The molecule has 0 bridgehead atoms. The fraction of sp³-hybridized carbons (Fsp3) is 0. The van der Waals surface area contributed by atoms with Crippen molar-refractivity contribution >= 4 is 67.1 Å². The van der Waals surface area contributed by atoms with Crippen LogP contribution in [0, 0.1) is 10.8 Å². The van der Waals surface area contributed by atoms with E-state index >= 15 is 0 Å². The van der Waals surface area contributed by atoms with Crippen molar-refractivity contribution < 1.29 is 0 Å². The Labute approximate surface area is 187 Å². The van der Waals surface area contributed by atoms with Crippen molar-refractivity contribution in [2.45, 2.75) is 0 Å². The van der Waals surface area contributed by atoms with E-state index in [9.17, 15) is 0 Å². The number of nitrogens with two attached hydrogens (primary N) is 3. The van der Waals surface area contributed by atoms with E-state index in [1.54, 1.807) is 48.7 Å². The lowest BCUT2D eigenvalue weighted by molar-refractivity contribution is 1.01. The average Bonchev–Trinajstić information content (AvgIpc) is 2.62. The molecule has 0 unspecified atom stereocenters. The molecule has 0 heterocycles. The predicted octanol–water partition coefficient (Wildman–Crippen LogP) is 2.43. The summed E-state index contributed by atoms with van der Waals surface area (Å²) in [6.45, 7) is 0. The fourth-order valence-electron chi connectivity index (χ4n) is 2.00. The van der Waals surface area contributed by atoms with E-state index in [4.69, 9.17) is 28.0 Å². The Hall–Kier alpha value is -3.07. The zero-order chi connectivity index (χ0) is 18.9. The molecule has 2 aromatic carbocycles. The summed E-state index contributed by atoms with van der Waals surface area (Å²) in [5.74, 6) is 0.115. The highest BCUT2D eigenvalue weighted by molar-refractivity contribution is 5.97. The minimum Gasteiger partial charge on any atom is -0.384 e. The third-order valence-electron chi connectivity index (χ3n) is 3.27. The average molecular weight is 458 g/mol. The maximum atomic E-state index is 7.42. The van der Waals surface area contributed by atoms with Gasteiger partial charge < -0.3 is 17.2 Å². The highest BCUT2D eigenvalue weighted by atomic mass is 35.5. The van der Waals surface area contributed by atoms with E-state index in [2.05, 4.69) is 15.5 Å². The van der Waals surface area contributed by atoms with Crippen LogP contribution in [0.4, 0.5) is 0 Å². The van der Waals surface area contributed by atoms with Gasteiger partial charge in [-0.3, -0.25) is 10.8 Å². The first-order valence-corrected chi connectivity index (χ1v) is 7.63. The van der Waals surface area contributed by atoms with Crippen LogP contribution in [0.1, 0.15) is 22.3 Å². The second-order valence-corrected chi connectivity index (χ2v) is 5.28. The minimum absolute atomic E-state index is 0. The highest BCUT2D eigenvalue weighted by Crippen LogP contribution is 2.06. The molecule has 2 aromatic rings. The van der Waals surface area contributed by atoms with Crippen LogP contribution in [0.3, 0.4) is 0 Å². The molecule has 0 aliphatic carbocycles. The number of hydrogen-bond donors (Lipinski definition) is 6. The van der Waals surface area contributed by atoms with Crippen LogP contribution in [-0.2, 0) is 0 Å². The first kappa shape index (κ1) is 28.1. The van der Waals surface area contributed by atoms with Crippen molar-refractivity contribution in [2.75, 3.05) is 0 Å². The smallest absolute Gasteiger partial charge is 0.214 e. The minimum atomic E-state index is -0.00624. The lowest BCUT2D eigenvalue weighted by Crippen LogP contribution is -2.26. The van der Waals surface area contributed by atoms with Crippen LogP contribution in [0.15, 0.2) is 64.8 Å². The number of aliphatic imine (C=N–C) groups is 1. The van der Waals surface area contributed by atoms with Crippen molar-refractivity contribution in [1.29, 1.82) is 10.8 Å². The molecule has 0 saturated heterocycles. The Kier molecular flexibility index (Phi) is 13.6. The second-order valence-electron chi connectivity index (χ2n) is 5.28. The van der Waals surface area contributed by atoms with E-state index in [0.29, 0.717) is 11.1 Å². The number of rotatable bonds is 6. The monoisotopic (exact) mass is 456 g/mol. The zero-order valence-corrected chi connectivity index (χ0v) is 17.7. The van der Waals surface area contributed by atoms with Crippen molar-refractivity contribution in [3.63, 3.8) is 0 Å². The Morgan fingerprint density at radius 3 is 1.90 bits per heavy atom. The van der Waals surface area contributed by atoms with E-state index in [1.165, 1.54) is 6.20 Å². The number of guanidine groups is 1. The Balaban J connectivity index is 0. The number of nitrogen functional groups attached to an aromatic ring is 2. The lowest BCUT2D eigenvalue weighted by atomic mass is 10.1. The van der Waals surface area contributed by atoms with E-state index < -0.39 is 0 Å². The molecule has 0 saturated carbocycles. The molecule has 29 heavy (non-hydrogen) atoms. The summed E-state index contributed by atoms with van der Waals surface area (Å²) in [4.78, 5) is 4.02. The molecule has 2 rings (SSSR count). The number of hydrogen-bond acceptors (Lipinski definition) is 4. The van der Waals surface area contributed by atoms with Gasteiger partial charge >= 0.3 is 0 Å². The molecule has 0 aromatic heterocycles. The van der Waals surface area contributed by atoms with Crippen molar-refractivity contribution in [3.05, 3.63) is 77.0 Å². The van der Waals surface area contributed by atoms with Gasteiger partial charge in [0.1, 0.15) is 11.7 Å². The summed E-state index contributed by atoms with van der Waals surface area (Å²) in [7, 11) is 0. The molecular formula is C18H23Cl3N8.